The number of carbonyl (C=O) groups excluding carboxylic acids is 1. The number of aromatic nitrogens is 3. The number of thioether (sulfide) groups is 1. The van der Waals surface area contributed by atoms with E-state index in [0.717, 1.165) is 21.3 Å². The largest absolute Gasteiger partial charge is 0.496 e. The Balaban J connectivity index is 1.54. The number of methoxy groups -OCH3 is 3. The second-order valence-corrected chi connectivity index (χ2v) is 9.37. The molecule has 9 nitrogen and oxygen atoms in total. The van der Waals surface area contributed by atoms with Crippen molar-refractivity contribution in [2.24, 2.45) is 5.10 Å². The lowest BCUT2D eigenvalue weighted by atomic mass is 10.2. The van der Waals surface area contributed by atoms with Gasteiger partial charge in [0, 0.05) is 21.3 Å². The highest BCUT2D eigenvalue weighted by atomic mass is 79.9. The van der Waals surface area contributed by atoms with Gasteiger partial charge in [-0.2, -0.15) is 5.10 Å². The molecule has 0 atom stereocenters. The SMILES string of the molecule is COc1ccc(Br)cc1C=NNC(=O)CSc1nnc(-c2ccc(OC)c(OC)c2)n1-c1ccccc1. The van der Waals surface area contributed by atoms with Crippen LogP contribution < -0.4 is 19.6 Å². The zero-order chi connectivity index (χ0) is 26.2. The van der Waals surface area contributed by atoms with Crippen molar-refractivity contribution >= 4 is 39.8 Å². The number of hydrogen-bond acceptors (Lipinski definition) is 8. The van der Waals surface area contributed by atoms with Crippen molar-refractivity contribution in [3.8, 4) is 34.3 Å². The van der Waals surface area contributed by atoms with Gasteiger partial charge in [-0.05, 0) is 48.5 Å². The zero-order valence-corrected chi connectivity index (χ0v) is 22.7. The van der Waals surface area contributed by atoms with Crippen molar-refractivity contribution in [1.29, 1.82) is 0 Å². The van der Waals surface area contributed by atoms with Crippen LogP contribution >= 0.6 is 27.7 Å². The summed E-state index contributed by atoms with van der Waals surface area (Å²) in [6, 6.07) is 20.8. The number of hydrogen-bond donors (Lipinski definition) is 1. The summed E-state index contributed by atoms with van der Waals surface area (Å²) < 4.78 is 18.9. The molecule has 0 aliphatic carbocycles. The van der Waals surface area contributed by atoms with E-state index in [1.165, 1.54) is 18.0 Å². The van der Waals surface area contributed by atoms with Gasteiger partial charge in [0.2, 0.25) is 0 Å². The molecule has 37 heavy (non-hydrogen) atoms. The van der Waals surface area contributed by atoms with Crippen molar-refractivity contribution in [3.05, 3.63) is 76.8 Å². The Morgan fingerprint density at radius 3 is 2.43 bits per heavy atom. The standard InChI is InChI=1S/C26H24BrN5O4S/c1-34-21-12-10-19(27)13-18(21)15-28-29-24(33)16-37-26-31-30-25(32(26)20-7-5-4-6-8-20)17-9-11-22(35-2)23(14-17)36-3/h4-15H,16H2,1-3H3,(H,29,33). The molecule has 4 rings (SSSR count). The molecule has 1 N–H and O–H groups in total. The molecule has 0 saturated carbocycles. The lowest BCUT2D eigenvalue weighted by Crippen LogP contribution is -2.20. The second kappa shape index (κ2) is 12.4. The topological polar surface area (TPSA) is 99.9 Å². The Kier molecular flexibility index (Phi) is 8.81. The van der Waals surface area contributed by atoms with Crippen molar-refractivity contribution < 1.29 is 19.0 Å². The molecule has 0 spiro atoms. The zero-order valence-electron chi connectivity index (χ0n) is 20.3. The number of halogens is 1. The number of nitrogens with zero attached hydrogens (tertiary/aromatic N) is 4. The molecule has 0 fully saturated rings. The third-order valence-corrected chi connectivity index (χ3v) is 6.63. The van der Waals surface area contributed by atoms with E-state index in [0.29, 0.717) is 28.2 Å². The van der Waals surface area contributed by atoms with Crippen molar-refractivity contribution in [1.82, 2.24) is 20.2 Å². The Morgan fingerprint density at radius 2 is 1.70 bits per heavy atom. The molecule has 0 bridgehead atoms. The number of ether oxygens (including phenoxy) is 3. The number of para-hydroxylation sites is 1. The van der Waals surface area contributed by atoms with Crippen LogP contribution in [0.4, 0.5) is 0 Å². The third kappa shape index (κ3) is 6.30. The van der Waals surface area contributed by atoms with Crippen molar-refractivity contribution in [2.45, 2.75) is 5.16 Å². The number of amides is 1. The first-order chi connectivity index (χ1) is 18.0. The van der Waals surface area contributed by atoms with Crippen molar-refractivity contribution in [3.63, 3.8) is 0 Å². The van der Waals surface area contributed by atoms with Crippen LogP contribution in [0, 0.1) is 0 Å². The highest BCUT2D eigenvalue weighted by Gasteiger charge is 2.18. The van der Waals surface area contributed by atoms with Gasteiger partial charge in [-0.3, -0.25) is 9.36 Å². The van der Waals surface area contributed by atoms with Gasteiger partial charge in [-0.25, -0.2) is 5.43 Å². The molecular formula is C26H24BrN5O4S. The smallest absolute Gasteiger partial charge is 0.250 e. The summed E-state index contributed by atoms with van der Waals surface area (Å²) in [4.78, 5) is 12.5. The summed E-state index contributed by atoms with van der Waals surface area (Å²) in [5.41, 5.74) is 4.93. The van der Waals surface area contributed by atoms with E-state index >= 15 is 0 Å². The van der Waals surface area contributed by atoms with Gasteiger partial charge in [0.1, 0.15) is 5.75 Å². The maximum atomic E-state index is 12.5. The van der Waals surface area contributed by atoms with Crippen LogP contribution in [0.15, 0.2) is 81.5 Å². The minimum absolute atomic E-state index is 0.0872. The first-order valence-corrected chi connectivity index (χ1v) is 12.8. The van der Waals surface area contributed by atoms with Crippen LogP contribution in [-0.4, -0.2) is 54.0 Å². The quantitative estimate of drug-likeness (QED) is 0.160. The Morgan fingerprint density at radius 1 is 0.973 bits per heavy atom. The summed E-state index contributed by atoms with van der Waals surface area (Å²) in [6.07, 6.45) is 1.54. The van der Waals surface area contributed by atoms with Crippen molar-refractivity contribution in [2.75, 3.05) is 27.1 Å². The molecule has 1 amide bonds. The fraction of sp³-hybridized carbons (Fsp3) is 0.154. The third-order valence-electron chi connectivity index (χ3n) is 5.21. The predicted octanol–water partition coefficient (Wildman–Crippen LogP) is 4.97. The number of rotatable bonds is 10. The van der Waals surface area contributed by atoms with Crippen LogP contribution in [-0.2, 0) is 4.79 Å². The number of nitrogens with one attached hydrogen (secondary N) is 1. The van der Waals surface area contributed by atoms with E-state index < -0.39 is 0 Å². The fourth-order valence-electron chi connectivity index (χ4n) is 3.48. The van der Waals surface area contributed by atoms with Gasteiger partial charge in [-0.15, -0.1) is 10.2 Å². The summed E-state index contributed by atoms with van der Waals surface area (Å²) in [7, 11) is 4.75. The maximum absolute atomic E-state index is 12.5. The van der Waals surface area contributed by atoms with Gasteiger partial charge in [-0.1, -0.05) is 45.9 Å². The Hall–Kier alpha value is -3.83. The summed E-state index contributed by atoms with van der Waals surface area (Å²) in [6.45, 7) is 0. The van der Waals surface area contributed by atoms with Gasteiger partial charge in [0.15, 0.2) is 22.5 Å². The summed E-state index contributed by atoms with van der Waals surface area (Å²) >= 11 is 4.68. The molecule has 4 aromatic rings. The molecule has 11 heteroatoms. The van der Waals surface area contributed by atoms with Crippen LogP contribution in [0.25, 0.3) is 17.1 Å². The highest BCUT2D eigenvalue weighted by Crippen LogP contribution is 2.34. The van der Waals surface area contributed by atoms with E-state index in [2.05, 4.69) is 36.7 Å². The minimum Gasteiger partial charge on any atom is -0.496 e. The minimum atomic E-state index is -0.287. The molecule has 0 radical (unpaired) electrons. The van der Waals surface area contributed by atoms with Crippen LogP contribution in [0.2, 0.25) is 0 Å². The highest BCUT2D eigenvalue weighted by molar-refractivity contribution is 9.10. The Labute approximate surface area is 227 Å². The first-order valence-electron chi connectivity index (χ1n) is 11.1. The monoisotopic (exact) mass is 581 g/mol. The van der Waals surface area contributed by atoms with E-state index in [1.807, 2.05) is 71.3 Å². The fourth-order valence-corrected chi connectivity index (χ4v) is 4.60. The molecule has 0 unspecified atom stereocenters. The molecule has 0 aliphatic rings. The van der Waals surface area contributed by atoms with Crippen LogP contribution in [0.3, 0.4) is 0 Å². The molecule has 1 heterocycles. The maximum Gasteiger partial charge on any atom is 0.250 e. The number of hydrazone groups is 1. The van der Waals surface area contributed by atoms with Crippen LogP contribution in [0.5, 0.6) is 17.2 Å². The lowest BCUT2D eigenvalue weighted by Gasteiger charge is -2.12. The average Bonchev–Trinajstić information content (AvgIpc) is 3.36. The van der Waals surface area contributed by atoms with Crippen LogP contribution in [0.1, 0.15) is 5.56 Å². The molecule has 3 aromatic carbocycles. The normalized spacial score (nSPS) is 10.9. The summed E-state index contributed by atoms with van der Waals surface area (Å²) in [5, 5.41) is 13.4. The first kappa shape index (κ1) is 26.2. The Bertz CT molecular complexity index is 1410. The van der Waals surface area contributed by atoms with Gasteiger partial charge >= 0.3 is 0 Å². The molecule has 1 aromatic heterocycles. The second-order valence-electron chi connectivity index (χ2n) is 7.52. The average molecular weight is 582 g/mol. The molecular weight excluding hydrogens is 558 g/mol. The predicted molar refractivity (Wildman–Crippen MR) is 147 cm³/mol. The summed E-state index contributed by atoms with van der Waals surface area (Å²) in [5.74, 6) is 2.25. The van der Waals surface area contributed by atoms with Gasteiger partial charge in [0.25, 0.3) is 5.91 Å². The van der Waals surface area contributed by atoms with E-state index in [9.17, 15) is 4.79 Å². The lowest BCUT2D eigenvalue weighted by molar-refractivity contribution is -0.118. The van der Waals surface area contributed by atoms with Gasteiger partial charge < -0.3 is 14.2 Å². The van der Waals surface area contributed by atoms with Gasteiger partial charge in [0.05, 0.1) is 33.3 Å². The van der Waals surface area contributed by atoms with E-state index in [4.69, 9.17) is 14.2 Å². The van der Waals surface area contributed by atoms with E-state index in [-0.39, 0.29) is 11.7 Å². The molecule has 0 saturated heterocycles. The molecule has 0 aliphatic heterocycles. The van der Waals surface area contributed by atoms with E-state index in [1.54, 1.807) is 21.3 Å². The number of benzene rings is 3. The number of carbonyl (C=O) groups is 1. The molecule has 190 valence electrons.